The molecule has 0 atom stereocenters. The van der Waals surface area contributed by atoms with Crippen LogP contribution in [0, 0.1) is 6.92 Å². The molecule has 0 saturated heterocycles. The van der Waals surface area contributed by atoms with Crippen LogP contribution in [0.3, 0.4) is 0 Å². The van der Waals surface area contributed by atoms with Crippen LogP contribution in [0.2, 0.25) is 0 Å². The van der Waals surface area contributed by atoms with E-state index in [0.29, 0.717) is 11.3 Å². The number of carbonyl (C=O) groups excluding carboxylic acids is 1. The third kappa shape index (κ3) is 3.86. The van der Waals surface area contributed by atoms with Gasteiger partial charge in [0, 0.05) is 35.5 Å². The predicted molar refractivity (Wildman–Crippen MR) is 141 cm³/mol. The number of nitrogens with two attached hydrogens (primary N) is 1. The van der Waals surface area contributed by atoms with E-state index in [0.717, 1.165) is 52.1 Å². The number of ketones is 1. The van der Waals surface area contributed by atoms with Crippen LogP contribution in [0.4, 0.5) is 11.5 Å². The number of nitrogen functional groups attached to an aromatic ring is 1. The zero-order valence-electron chi connectivity index (χ0n) is 19.6. The zero-order chi connectivity index (χ0) is 24.6. The van der Waals surface area contributed by atoms with E-state index < -0.39 is 0 Å². The molecule has 0 fully saturated rings. The summed E-state index contributed by atoms with van der Waals surface area (Å²) in [4.78, 5) is 28.4. The molecule has 0 amide bonds. The minimum absolute atomic E-state index is 0.214. The number of imidazole rings is 1. The molecule has 0 aliphatic heterocycles. The first kappa shape index (κ1) is 21.6. The fourth-order valence-electron chi connectivity index (χ4n) is 4.46. The number of hydrogen-bond donors (Lipinski definition) is 4. The van der Waals surface area contributed by atoms with Gasteiger partial charge in [0.1, 0.15) is 11.6 Å². The molecule has 0 bridgehead atoms. The van der Waals surface area contributed by atoms with Gasteiger partial charge in [0.2, 0.25) is 5.78 Å². The zero-order valence-corrected chi connectivity index (χ0v) is 19.6. The Balaban J connectivity index is 1.26. The maximum atomic E-state index is 13.4. The molecule has 0 aliphatic carbocycles. The second-order valence-electron chi connectivity index (χ2n) is 8.69. The van der Waals surface area contributed by atoms with E-state index in [1.165, 1.54) is 11.8 Å². The Kier molecular flexibility index (Phi) is 5.22. The fraction of sp³-hybridized carbons (Fsp3) is 0.111. The van der Waals surface area contributed by atoms with Gasteiger partial charge in [0.05, 0.1) is 34.2 Å². The number of hydrogen-bond acceptors (Lipinski definition) is 6. The molecule has 5 N–H and O–H groups in total. The first-order valence-electron chi connectivity index (χ1n) is 11.7. The molecule has 6 aromatic rings. The number of H-pyrrole nitrogens is 2. The normalized spacial score (nSPS) is 11.4. The Morgan fingerprint density at radius 2 is 1.92 bits per heavy atom. The van der Waals surface area contributed by atoms with Gasteiger partial charge in [-0.2, -0.15) is 5.10 Å². The molecule has 6 rings (SSSR count). The second-order valence-corrected chi connectivity index (χ2v) is 8.69. The van der Waals surface area contributed by atoms with Crippen molar-refractivity contribution in [2.75, 3.05) is 17.6 Å². The highest BCUT2D eigenvalue weighted by molar-refractivity contribution is 6.13. The number of anilines is 2. The molecule has 0 aliphatic rings. The number of benzene rings is 2. The van der Waals surface area contributed by atoms with Crippen molar-refractivity contribution in [3.63, 3.8) is 0 Å². The highest BCUT2D eigenvalue weighted by atomic mass is 16.1. The van der Waals surface area contributed by atoms with E-state index in [1.807, 2.05) is 61.5 Å². The Morgan fingerprint density at radius 1 is 1.06 bits per heavy atom. The van der Waals surface area contributed by atoms with E-state index in [4.69, 9.17) is 5.73 Å². The van der Waals surface area contributed by atoms with E-state index in [2.05, 4.69) is 30.4 Å². The largest absolute Gasteiger partial charge is 0.384 e. The molecule has 9 heteroatoms. The van der Waals surface area contributed by atoms with Gasteiger partial charge in [-0.25, -0.2) is 9.67 Å². The van der Waals surface area contributed by atoms with Gasteiger partial charge in [-0.05, 0) is 67.4 Å². The first-order valence-corrected chi connectivity index (χ1v) is 11.7. The Labute approximate surface area is 206 Å². The molecule has 0 unspecified atom stereocenters. The Morgan fingerprint density at radius 3 is 2.78 bits per heavy atom. The maximum absolute atomic E-state index is 13.4. The summed E-state index contributed by atoms with van der Waals surface area (Å²) < 4.78 is 1.56. The van der Waals surface area contributed by atoms with E-state index in [9.17, 15) is 4.79 Å². The molecule has 0 saturated carbocycles. The quantitative estimate of drug-likeness (QED) is 0.253. The van der Waals surface area contributed by atoms with Crippen molar-refractivity contribution in [3.05, 3.63) is 95.8 Å². The molecule has 9 nitrogen and oxygen atoms in total. The van der Waals surface area contributed by atoms with Crippen LogP contribution in [-0.2, 0) is 6.42 Å². The predicted octanol–water partition coefficient (Wildman–Crippen LogP) is 4.40. The van der Waals surface area contributed by atoms with Crippen LogP contribution in [-0.4, -0.2) is 42.0 Å². The van der Waals surface area contributed by atoms with Crippen LogP contribution in [0.1, 0.15) is 27.4 Å². The lowest BCUT2D eigenvalue weighted by Crippen LogP contribution is -2.07. The lowest BCUT2D eigenvalue weighted by Gasteiger charge is -2.07. The lowest BCUT2D eigenvalue weighted by molar-refractivity contribution is 0.103. The third-order valence-corrected chi connectivity index (χ3v) is 6.27. The molecule has 36 heavy (non-hydrogen) atoms. The van der Waals surface area contributed by atoms with Gasteiger partial charge in [0.15, 0.2) is 0 Å². The SMILES string of the molecule is Cc1nc2cc(-n3ncc(C(=O)c4cc5c(NCCc6ccncc6)cccc5[nH]4)c3N)ccc2[nH]1. The first-order chi connectivity index (χ1) is 17.6. The van der Waals surface area contributed by atoms with Crippen molar-refractivity contribution in [2.24, 2.45) is 0 Å². The van der Waals surface area contributed by atoms with Crippen LogP contribution < -0.4 is 11.1 Å². The van der Waals surface area contributed by atoms with Crippen LogP contribution in [0.15, 0.2) is 73.2 Å². The van der Waals surface area contributed by atoms with Gasteiger partial charge in [-0.3, -0.25) is 9.78 Å². The number of fused-ring (bicyclic) bond motifs is 2. The van der Waals surface area contributed by atoms with E-state index >= 15 is 0 Å². The average molecular weight is 477 g/mol. The van der Waals surface area contributed by atoms with Crippen molar-refractivity contribution >= 4 is 39.2 Å². The molecule has 0 radical (unpaired) electrons. The minimum atomic E-state index is -0.214. The van der Waals surface area contributed by atoms with Crippen molar-refractivity contribution in [1.82, 2.24) is 29.7 Å². The van der Waals surface area contributed by atoms with Crippen molar-refractivity contribution < 1.29 is 4.79 Å². The summed E-state index contributed by atoms with van der Waals surface area (Å²) in [6.07, 6.45) is 5.97. The molecule has 2 aromatic carbocycles. The molecule has 4 heterocycles. The number of aromatic amines is 2. The lowest BCUT2D eigenvalue weighted by atomic mass is 10.1. The summed E-state index contributed by atoms with van der Waals surface area (Å²) in [5.41, 5.74) is 12.7. The Bertz CT molecular complexity index is 1710. The van der Waals surface area contributed by atoms with Crippen molar-refractivity contribution in [2.45, 2.75) is 13.3 Å². The number of rotatable bonds is 7. The van der Waals surface area contributed by atoms with Gasteiger partial charge in [-0.1, -0.05) is 6.07 Å². The number of aryl methyl sites for hydroxylation is 1. The summed E-state index contributed by atoms with van der Waals surface area (Å²) in [5.74, 6) is 0.895. The number of pyridine rings is 1. The monoisotopic (exact) mass is 476 g/mol. The van der Waals surface area contributed by atoms with Gasteiger partial charge >= 0.3 is 0 Å². The summed E-state index contributed by atoms with van der Waals surface area (Å²) in [5, 5.41) is 8.81. The number of nitrogens with one attached hydrogen (secondary N) is 3. The standard InChI is InChI=1S/C27H24N8O/c1-16-32-23-6-5-18(13-24(23)33-16)35-27(28)20(15-31-35)26(36)25-14-19-21(3-2-4-22(19)34-25)30-12-9-17-7-10-29-11-8-17/h2-8,10-11,13-15,30,34H,9,12,28H2,1H3,(H,32,33). The van der Waals surface area contributed by atoms with E-state index in [-0.39, 0.29) is 11.6 Å². The van der Waals surface area contributed by atoms with Crippen LogP contribution in [0.5, 0.6) is 0 Å². The van der Waals surface area contributed by atoms with Crippen molar-refractivity contribution in [3.8, 4) is 5.69 Å². The molecular formula is C27H24N8O. The molecule has 178 valence electrons. The molecule has 0 spiro atoms. The number of aromatic nitrogens is 6. The smallest absolute Gasteiger partial charge is 0.214 e. The minimum Gasteiger partial charge on any atom is -0.384 e. The van der Waals surface area contributed by atoms with Gasteiger partial charge in [-0.15, -0.1) is 0 Å². The number of nitrogens with zero attached hydrogens (tertiary/aromatic N) is 4. The highest BCUT2D eigenvalue weighted by Crippen LogP contribution is 2.27. The maximum Gasteiger partial charge on any atom is 0.214 e. The Hall–Kier alpha value is -4.92. The topological polar surface area (TPSA) is 130 Å². The van der Waals surface area contributed by atoms with E-state index in [1.54, 1.807) is 17.1 Å². The third-order valence-electron chi connectivity index (χ3n) is 6.27. The van der Waals surface area contributed by atoms with Gasteiger partial charge in [0.25, 0.3) is 0 Å². The summed E-state index contributed by atoms with van der Waals surface area (Å²) >= 11 is 0. The molecular weight excluding hydrogens is 452 g/mol. The van der Waals surface area contributed by atoms with Gasteiger partial charge < -0.3 is 21.0 Å². The van der Waals surface area contributed by atoms with Crippen LogP contribution >= 0.6 is 0 Å². The fourth-order valence-corrected chi connectivity index (χ4v) is 4.46. The average Bonchev–Trinajstić information content (AvgIpc) is 3.59. The number of carbonyl (C=O) groups is 1. The highest BCUT2D eigenvalue weighted by Gasteiger charge is 2.20. The second kappa shape index (κ2) is 8.70. The summed E-state index contributed by atoms with van der Waals surface area (Å²) in [6.45, 7) is 2.66. The van der Waals surface area contributed by atoms with Crippen molar-refractivity contribution in [1.29, 1.82) is 0 Å². The summed E-state index contributed by atoms with van der Waals surface area (Å²) in [7, 11) is 0. The summed E-state index contributed by atoms with van der Waals surface area (Å²) in [6, 6.07) is 17.5. The molecule has 4 aromatic heterocycles. The van der Waals surface area contributed by atoms with Crippen LogP contribution in [0.25, 0.3) is 27.6 Å².